The molecule has 9 aromatic rings. The molecule has 0 fully saturated rings. The van der Waals surface area contributed by atoms with E-state index in [1.807, 2.05) is 48.5 Å². The van der Waals surface area contributed by atoms with E-state index in [4.69, 9.17) is 19.4 Å². The molecule has 0 aliphatic rings. The molecule has 0 unspecified atom stereocenters. The zero-order valence-corrected chi connectivity index (χ0v) is 25.3. The van der Waals surface area contributed by atoms with Crippen LogP contribution in [0.4, 0.5) is 0 Å². The maximum atomic E-state index is 6.89. The first kappa shape index (κ1) is 27.0. The van der Waals surface area contributed by atoms with E-state index in [1.165, 1.54) is 10.9 Å². The van der Waals surface area contributed by atoms with Crippen molar-refractivity contribution < 1.29 is 4.42 Å². The van der Waals surface area contributed by atoms with Crippen LogP contribution in [0.3, 0.4) is 0 Å². The molecule has 4 heteroatoms. The second-order valence-electron chi connectivity index (χ2n) is 11.6. The molecule has 9 rings (SSSR count). The van der Waals surface area contributed by atoms with Crippen LogP contribution < -0.4 is 0 Å². The molecule has 0 saturated heterocycles. The summed E-state index contributed by atoms with van der Waals surface area (Å²) in [5.74, 6) is 1.79. The Balaban J connectivity index is 1.27. The Hall–Kier alpha value is -6.39. The van der Waals surface area contributed by atoms with E-state index < -0.39 is 0 Å². The normalized spacial score (nSPS) is 11.4. The van der Waals surface area contributed by atoms with Gasteiger partial charge in [0.25, 0.3) is 0 Å². The smallest absolute Gasteiger partial charge is 0.167 e. The van der Waals surface area contributed by atoms with E-state index in [-0.39, 0.29) is 0 Å². The summed E-state index contributed by atoms with van der Waals surface area (Å²) in [6.07, 6.45) is 0. The van der Waals surface area contributed by atoms with Crippen molar-refractivity contribution >= 4 is 32.7 Å². The number of aromatic nitrogens is 3. The summed E-state index contributed by atoms with van der Waals surface area (Å²) in [7, 11) is 0. The van der Waals surface area contributed by atoms with Gasteiger partial charge in [-0.15, -0.1) is 0 Å². The second kappa shape index (κ2) is 11.2. The summed E-state index contributed by atoms with van der Waals surface area (Å²) in [5.41, 5.74) is 8.77. The van der Waals surface area contributed by atoms with Gasteiger partial charge in [0.05, 0.1) is 5.56 Å². The first-order valence-electron chi connectivity index (χ1n) is 15.7. The first-order chi connectivity index (χ1) is 23.3. The highest BCUT2D eigenvalue weighted by Crippen LogP contribution is 2.43. The number of benzene rings is 7. The van der Waals surface area contributed by atoms with Crippen molar-refractivity contribution in [2.45, 2.75) is 0 Å². The minimum absolute atomic E-state index is 0.566. The fraction of sp³-hybridized carbons (Fsp3) is 0. The lowest BCUT2D eigenvalue weighted by atomic mass is 9.95. The Morgan fingerprint density at radius 2 is 0.851 bits per heavy atom. The Labute approximate surface area is 271 Å². The molecule has 220 valence electrons. The number of hydrogen-bond donors (Lipinski definition) is 0. The topological polar surface area (TPSA) is 51.8 Å². The van der Waals surface area contributed by atoms with Gasteiger partial charge in [-0.05, 0) is 39.6 Å². The molecule has 0 N–H and O–H groups in total. The summed E-state index contributed by atoms with van der Waals surface area (Å²) in [4.78, 5) is 15.1. The third kappa shape index (κ3) is 4.75. The van der Waals surface area contributed by atoms with Crippen LogP contribution in [0.1, 0.15) is 0 Å². The van der Waals surface area contributed by atoms with E-state index in [1.54, 1.807) is 0 Å². The monoisotopic (exact) mass is 601 g/mol. The molecule has 2 heterocycles. The SMILES string of the molecule is c1ccc(-c2ccc(-c3nc(-c4ccccc4)nc(-c4cccc5c4oc4c(-c6ccccc6)c6ccccc6cc45)n3)cc2)cc1. The Morgan fingerprint density at radius 3 is 1.55 bits per heavy atom. The molecule has 4 nitrogen and oxygen atoms in total. The average molecular weight is 602 g/mol. The van der Waals surface area contributed by atoms with Crippen LogP contribution in [0.2, 0.25) is 0 Å². The zero-order chi connectivity index (χ0) is 31.2. The van der Waals surface area contributed by atoms with Crippen LogP contribution in [0.5, 0.6) is 0 Å². The maximum Gasteiger partial charge on any atom is 0.167 e. The van der Waals surface area contributed by atoms with Crippen molar-refractivity contribution in [3.05, 3.63) is 164 Å². The van der Waals surface area contributed by atoms with Gasteiger partial charge in [-0.25, -0.2) is 15.0 Å². The van der Waals surface area contributed by atoms with E-state index in [0.29, 0.717) is 17.5 Å². The van der Waals surface area contributed by atoms with Crippen molar-refractivity contribution in [2.75, 3.05) is 0 Å². The minimum Gasteiger partial charge on any atom is -0.455 e. The quantitative estimate of drug-likeness (QED) is 0.197. The number of furan rings is 1. The third-order valence-electron chi connectivity index (χ3n) is 8.73. The molecular weight excluding hydrogens is 574 g/mol. The summed E-state index contributed by atoms with van der Waals surface area (Å²) >= 11 is 0. The van der Waals surface area contributed by atoms with Gasteiger partial charge in [0.15, 0.2) is 17.5 Å². The molecule has 47 heavy (non-hydrogen) atoms. The number of fused-ring (bicyclic) bond motifs is 4. The van der Waals surface area contributed by atoms with Crippen LogP contribution >= 0.6 is 0 Å². The highest BCUT2D eigenvalue weighted by atomic mass is 16.3. The summed E-state index contributed by atoms with van der Waals surface area (Å²) in [6, 6.07) is 56.2. The lowest BCUT2D eigenvalue weighted by molar-refractivity contribution is 0.671. The van der Waals surface area contributed by atoms with Gasteiger partial charge in [-0.2, -0.15) is 0 Å². The molecule has 0 aliphatic carbocycles. The van der Waals surface area contributed by atoms with Gasteiger partial charge in [0.2, 0.25) is 0 Å². The van der Waals surface area contributed by atoms with Crippen molar-refractivity contribution in [1.29, 1.82) is 0 Å². The molecule has 0 saturated carbocycles. The van der Waals surface area contributed by atoms with E-state index in [9.17, 15) is 0 Å². The minimum atomic E-state index is 0.566. The van der Waals surface area contributed by atoms with Gasteiger partial charge >= 0.3 is 0 Å². The van der Waals surface area contributed by atoms with Crippen molar-refractivity contribution in [3.63, 3.8) is 0 Å². The number of hydrogen-bond acceptors (Lipinski definition) is 4. The molecule has 0 amide bonds. The third-order valence-corrected chi connectivity index (χ3v) is 8.73. The predicted octanol–water partition coefficient (Wildman–Crippen LogP) is 11.3. The molecule has 0 bridgehead atoms. The molecule has 0 spiro atoms. The number of para-hydroxylation sites is 1. The van der Waals surface area contributed by atoms with Crippen LogP contribution in [0.15, 0.2) is 168 Å². The van der Waals surface area contributed by atoms with Crippen molar-refractivity contribution in [2.24, 2.45) is 0 Å². The standard InChI is InChI=1S/C43H27N3O/c1-4-13-28(14-5-1)29-23-25-32(26-24-29)42-44-41(31-17-8-3-9-18-31)45-43(46-42)36-22-12-21-35-37-27-33-19-10-11-20-34(33)38(40(37)47-39(35)36)30-15-6-2-7-16-30/h1-27H. The van der Waals surface area contributed by atoms with E-state index in [0.717, 1.165) is 60.7 Å². The fourth-order valence-electron chi connectivity index (χ4n) is 6.45. The molecule has 2 aromatic heterocycles. The zero-order valence-electron chi connectivity index (χ0n) is 25.3. The molecule has 0 aliphatic heterocycles. The lowest BCUT2D eigenvalue weighted by Crippen LogP contribution is -2.00. The Bertz CT molecular complexity index is 2540. The summed E-state index contributed by atoms with van der Waals surface area (Å²) in [5, 5.41) is 4.41. The molecule has 7 aromatic carbocycles. The van der Waals surface area contributed by atoms with Gasteiger partial charge < -0.3 is 4.42 Å². The first-order valence-corrected chi connectivity index (χ1v) is 15.7. The molecule has 0 atom stereocenters. The maximum absolute atomic E-state index is 6.89. The average Bonchev–Trinajstić information content (AvgIpc) is 3.53. The molecule has 0 radical (unpaired) electrons. The summed E-state index contributed by atoms with van der Waals surface area (Å²) < 4.78 is 6.89. The second-order valence-corrected chi connectivity index (χ2v) is 11.6. The highest BCUT2D eigenvalue weighted by Gasteiger charge is 2.21. The van der Waals surface area contributed by atoms with Gasteiger partial charge in [-0.3, -0.25) is 0 Å². The van der Waals surface area contributed by atoms with Gasteiger partial charge in [-0.1, -0.05) is 152 Å². The van der Waals surface area contributed by atoms with Crippen LogP contribution in [0.25, 0.3) is 89.1 Å². The summed E-state index contributed by atoms with van der Waals surface area (Å²) in [6.45, 7) is 0. The van der Waals surface area contributed by atoms with Crippen molar-refractivity contribution in [1.82, 2.24) is 15.0 Å². The van der Waals surface area contributed by atoms with E-state index >= 15 is 0 Å². The van der Waals surface area contributed by atoms with Gasteiger partial charge in [0, 0.05) is 27.5 Å². The van der Waals surface area contributed by atoms with Crippen LogP contribution in [-0.2, 0) is 0 Å². The number of rotatable bonds is 5. The highest BCUT2D eigenvalue weighted by molar-refractivity contribution is 6.19. The molecular formula is C43H27N3O. The fourth-order valence-corrected chi connectivity index (χ4v) is 6.45. The Morgan fingerprint density at radius 1 is 0.340 bits per heavy atom. The lowest BCUT2D eigenvalue weighted by Gasteiger charge is -2.09. The number of nitrogens with zero attached hydrogens (tertiary/aromatic N) is 3. The van der Waals surface area contributed by atoms with Gasteiger partial charge in [0.1, 0.15) is 11.2 Å². The van der Waals surface area contributed by atoms with Crippen LogP contribution in [-0.4, -0.2) is 15.0 Å². The van der Waals surface area contributed by atoms with E-state index in [2.05, 4.69) is 115 Å². The largest absolute Gasteiger partial charge is 0.455 e. The van der Waals surface area contributed by atoms with Crippen LogP contribution in [0, 0.1) is 0 Å². The van der Waals surface area contributed by atoms with Crippen molar-refractivity contribution in [3.8, 4) is 56.4 Å². The Kier molecular flexibility index (Phi) is 6.43. The predicted molar refractivity (Wildman–Crippen MR) is 192 cm³/mol.